The van der Waals surface area contributed by atoms with Gasteiger partial charge in [-0.05, 0) is 48.4 Å². The molecule has 2 amide bonds. The summed E-state index contributed by atoms with van der Waals surface area (Å²) in [5.74, 6) is 0.0475. The number of nitrogens with two attached hydrogens (primary N) is 1. The van der Waals surface area contributed by atoms with E-state index in [0.29, 0.717) is 30.0 Å². The summed E-state index contributed by atoms with van der Waals surface area (Å²) in [7, 11) is 0. The van der Waals surface area contributed by atoms with Crippen LogP contribution >= 0.6 is 11.6 Å². The van der Waals surface area contributed by atoms with Crippen LogP contribution in [0.2, 0.25) is 5.02 Å². The smallest absolute Gasteiger partial charge is 0.267 e. The van der Waals surface area contributed by atoms with E-state index in [1.165, 1.54) is 30.5 Å². The van der Waals surface area contributed by atoms with E-state index >= 15 is 0 Å². The maximum atomic E-state index is 12.2. The Hall–Kier alpha value is -3.58. The van der Waals surface area contributed by atoms with Gasteiger partial charge < -0.3 is 20.9 Å². The number of aromatic hydroxyl groups is 1. The third kappa shape index (κ3) is 5.46. The number of benzene rings is 2. The topological polar surface area (TPSA) is 115 Å². The van der Waals surface area contributed by atoms with Crippen LogP contribution in [-0.2, 0) is 6.42 Å². The van der Waals surface area contributed by atoms with Gasteiger partial charge in [0.05, 0.1) is 5.02 Å². The fraction of sp³-hybridized carbons (Fsp3) is 0.0952. The normalized spacial score (nSPS) is 10.4. The molecule has 3 aromatic rings. The van der Waals surface area contributed by atoms with Gasteiger partial charge in [0.1, 0.15) is 22.9 Å². The highest BCUT2D eigenvalue weighted by Crippen LogP contribution is 2.24. The highest BCUT2D eigenvalue weighted by Gasteiger charge is 2.09. The van der Waals surface area contributed by atoms with Gasteiger partial charge in [-0.15, -0.1) is 0 Å². The third-order valence-electron chi connectivity index (χ3n) is 4.03. The lowest BCUT2D eigenvalue weighted by Crippen LogP contribution is -2.25. The quantitative estimate of drug-likeness (QED) is 0.551. The molecule has 0 aliphatic carbocycles. The standard InChI is InChI=1S/C21H18ClN3O4/c22-17-11-14(4-5-19(17)26)21(28)25-8-6-13-2-1-3-15(10-13)29-16-7-9-24-18(12-16)20(23)27/h1-5,7,9-12,26H,6,8H2,(H2,23,27)(H,25,28). The Kier molecular flexibility index (Phi) is 6.31. The number of nitrogens with zero attached hydrogens (tertiary/aromatic N) is 1. The molecule has 2 aromatic carbocycles. The fourth-order valence-corrected chi connectivity index (χ4v) is 2.76. The number of primary amides is 1. The molecule has 0 atom stereocenters. The Morgan fingerprint density at radius 1 is 1.10 bits per heavy atom. The van der Waals surface area contributed by atoms with E-state index in [9.17, 15) is 14.7 Å². The molecular weight excluding hydrogens is 394 g/mol. The molecule has 0 aliphatic rings. The summed E-state index contributed by atoms with van der Waals surface area (Å²) in [5.41, 5.74) is 6.67. The lowest BCUT2D eigenvalue weighted by atomic mass is 10.1. The Labute approximate surface area is 172 Å². The number of phenols is 1. The van der Waals surface area contributed by atoms with Crippen molar-refractivity contribution in [3.05, 3.63) is 82.6 Å². The number of hydrogen-bond acceptors (Lipinski definition) is 5. The second-order valence-corrected chi connectivity index (χ2v) is 6.57. The number of halogens is 1. The first kappa shape index (κ1) is 20.2. The number of ether oxygens (including phenoxy) is 1. The molecule has 8 heteroatoms. The summed E-state index contributed by atoms with van der Waals surface area (Å²) in [6, 6.07) is 14.8. The average molecular weight is 412 g/mol. The van der Waals surface area contributed by atoms with Gasteiger partial charge in [0, 0.05) is 24.4 Å². The van der Waals surface area contributed by atoms with Crippen molar-refractivity contribution in [3.63, 3.8) is 0 Å². The highest BCUT2D eigenvalue weighted by molar-refractivity contribution is 6.32. The predicted molar refractivity (Wildman–Crippen MR) is 108 cm³/mol. The van der Waals surface area contributed by atoms with E-state index in [-0.39, 0.29) is 22.4 Å². The predicted octanol–water partition coefficient (Wildman–Crippen LogP) is 3.30. The Bertz CT molecular complexity index is 1060. The zero-order valence-electron chi connectivity index (χ0n) is 15.3. The second kappa shape index (κ2) is 9.07. The SMILES string of the molecule is NC(=O)c1cc(Oc2cccc(CCNC(=O)c3ccc(O)c(Cl)c3)c2)ccn1. The Morgan fingerprint density at radius 2 is 1.90 bits per heavy atom. The van der Waals surface area contributed by atoms with Gasteiger partial charge in [-0.25, -0.2) is 0 Å². The van der Waals surface area contributed by atoms with Crippen molar-refractivity contribution in [1.82, 2.24) is 10.3 Å². The molecule has 0 aliphatic heterocycles. The Balaban J connectivity index is 1.58. The van der Waals surface area contributed by atoms with Crippen LogP contribution in [0.15, 0.2) is 60.8 Å². The number of rotatable bonds is 7. The van der Waals surface area contributed by atoms with E-state index in [1.807, 2.05) is 18.2 Å². The van der Waals surface area contributed by atoms with Crippen molar-refractivity contribution in [2.45, 2.75) is 6.42 Å². The first-order chi connectivity index (χ1) is 13.9. The lowest BCUT2D eigenvalue weighted by Gasteiger charge is -2.09. The van der Waals surface area contributed by atoms with Gasteiger partial charge in [0.2, 0.25) is 0 Å². The molecule has 4 N–H and O–H groups in total. The molecule has 0 spiro atoms. The second-order valence-electron chi connectivity index (χ2n) is 6.16. The zero-order chi connectivity index (χ0) is 20.8. The van der Waals surface area contributed by atoms with Crippen LogP contribution in [0.4, 0.5) is 0 Å². The molecule has 1 aromatic heterocycles. The monoisotopic (exact) mass is 411 g/mol. The van der Waals surface area contributed by atoms with Crippen LogP contribution in [0.25, 0.3) is 0 Å². The van der Waals surface area contributed by atoms with Crippen molar-refractivity contribution in [2.75, 3.05) is 6.54 Å². The van der Waals surface area contributed by atoms with Crippen LogP contribution in [0.5, 0.6) is 17.2 Å². The fourth-order valence-electron chi connectivity index (χ4n) is 2.58. The highest BCUT2D eigenvalue weighted by atomic mass is 35.5. The van der Waals surface area contributed by atoms with Crippen LogP contribution in [0.3, 0.4) is 0 Å². The van der Waals surface area contributed by atoms with Crippen LogP contribution in [-0.4, -0.2) is 28.4 Å². The maximum absolute atomic E-state index is 12.2. The van der Waals surface area contributed by atoms with Crippen LogP contribution in [0.1, 0.15) is 26.4 Å². The van der Waals surface area contributed by atoms with Gasteiger partial charge in [-0.1, -0.05) is 23.7 Å². The maximum Gasteiger partial charge on any atom is 0.267 e. The molecule has 0 saturated carbocycles. The van der Waals surface area contributed by atoms with E-state index in [1.54, 1.807) is 12.1 Å². The van der Waals surface area contributed by atoms with Crippen molar-refractivity contribution < 1.29 is 19.4 Å². The number of aromatic nitrogens is 1. The van der Waals surface area contributed by atoms with E-state index in [2.05, 4.69) is 10.3 Å². The minimum absolute atomic E-state index is 0.0721. The van der Waals surface area contributed by atoms with Crippen LogP contribution in [0, 0.1) is 0 Å². The molecule has 1 heterocycles. The summed E-state index contributed by atoms with van der Waals surface area (Å²) in [6.45, 7) is 0.405. The van der Waals surface area contributed by atoms with Crippen molar-refractivity contribution >= 4 is 23.4 Å². The molecule has 0 radical (unpaired) electrons. The molecule has 3 rings (SSSR count). The number of carbonyl (C=O) groups is 2. The van der Waals surface area contributed by atoms with Crippen molar-refractivity contribution in [1.29, 1.82) is 0 Å². The van der Waals surface area contributed by atoms with Gasteiger partial charge in [-0.3, -0.25) is 14.6 Å². The molecule has 0 fully saturated rings. The summed E-state index contributed by atoms with van der Waals surface area (Å²) in [4.78, 5) is 27.3. The molecule has 7 nitrogen and oxygen atoms in total. The number of hydrogen-bond donors (Lipinski definition) is 3. The van der Waals surface area contributed by atoms with Gasteiger partial charge in [-0.2, -0.15) is 0 Å². The molecule has 0 unspecified atom stereocenters. The largest absolute Gasteiger partial charge is 0.506 e. The van der Waals surface area contributed by atoms with Crippen molar-refractivity contribution in [3.8, 4) is 17.2 Å². The lowest BCUT2D eigenvalue weighted by molar-refractivity contribution is 0.0952. The zero-order valence-corrected chi connectivity index (χ0v) is 16.0. The molecule has 29 heavy (non-hydrogen) atoms. The van der Waals surface area contributed by atoms with Crippen molar-refractivity contribution in [2.24, 2.45) is 5.73 Å². The number of amides is 2. The minimum Gasteiger partial charge on any atom is -0.506 e. The first-order valence-corrected chi connectivity index (χ1v) is 9.09. The minimum atomic E-state index is -0.630. The van der Waals surface area contributed by atoms with E-state index < -0.39 is 5.91 Å². The van der Waals surface area contributed by atoms with E-state index in [0.717, 1.165) is 5.56 Å². The summed E-state index contributed by atoms with van der Waals surface area (Å²) >= 11 is 5.83. The molecule has 148 valence electrons. The summed E-state index contributed by atoms with van der Waals surface area (Å²) in [6.07, 6.45) is 2.03. The Morgan fingerprint density at radius 3 is 2.66 bits per heavy atom. The van der Waals surface area contributed by atoms with Crippen LogP contribution < -0.4 is 15.8 Å². The summed E-state index contributed by atoms with van der Waals surface area (Å²) in [5, 5.41) is 12.3. The van der Waals surface area contributed by atoms with Gasteiger partial charge >= 0.3 is 0 Å². The van der Waals surface area contributed by atoms with E-state index in [4.69, 9.17) is 22.1 Å². The number of nitrogens with one attached hydrogen (secondary N) is 1. The number of pyridine rings is 1. The number of carbonyl (C=O) groups excluding carboxylic acids is 2. The molecular formula is C21H18ClN3O4. The third-order valence-corrected chi connectivity index (χ3v) is 4.33. The average Bonchev–Trinajstić information content (AvgIpc) is 2.70. The molecule has 0 saturated heterocycles. The van der Waals surface area contributed by atoms with Gasteiger partial charge in [0.25, 0.3) is 11.8 Å². The molecule has 0 bridgehead atoms. The first-order valence-electron chi connectivity index (χ1n) is 8.72. The number of phenolic OH excluding ortho intramolecular Hbond substituents is 1. The van der Waals surface area contributed by atoms with Gasteiger partial charge in [0.15, 0.2) is 0 Å². The summed E-state index contributed by atoms with van der Waals surface area (Å²) < 4.78 is 5.76.